The van der Waals surface area contributed by atoms with Gasteiger partial charge in [-0.3, -0.25) is 0 Å². The highest BCUT2D eigenvalue weighted by molar-refractivity contribution is 4.95. The van der Waals surface area contributed by atoms with E-state index in [2.05, 4.69) is 6.92 Å². The molecule has 1 heterocycles. The van der Waals surface area contributed by atoms with Crippen molar-refractivity contribution in [2.24, 2.45) is 0 Å². The van der Waals surface area contributed by atoms with Gasteiger partial charge in [-0.1, -0.05) is 12.2 Å². The van der Waals surface area contributed by atoms with Crippen LogP contribution in [0.15, 0.2) is 12.2 Å². The van der Waals surface area contributed by atoms with E-state index in [1.165, 1.54) is 0 Å². The minimum absolute atomic E-state index is 0.236. The fourth-order valence-corrected chi connectivity index (χ4v) is 1.26. The summed E-state index contributed by atoms with van der Waals surface area (Å²) in [6, 6.07) is 0. The Morgan fingerprint density at radius 3 is 2.73 bits per heavy atom. The van der Waals surface area contributed by atoms with E-state index in [0.717, 1.165) is 12.8 Å². The van der Waals surface area contributed by atoms with Crippen molar-refractivity contribution in [2.45, 2.75) is 45.0 Å². The standard InChI is InChI=1S/C9H16O2/c1-7(10)3-5-9-6-4-8(2)11-9/h3,5,7-10H,4,6H2,1-2H3/b5-3+. The molecule has 0 aliphatic carbocycles. The molecule has 1 aliphatic rings. The first-order valence-corrected chi connectivity index (χ1v) is 4.20. The zero-order valence-corrected chi connectivity index (χ0v) is 7.16. The minimum Gasteiger partial charge on any atom is -0.389 e. The molecule has 0 spiro atoms. The largest absolute Gasteiger partial charge is 0.389 e. The molecule has 0 aromatic carbocycles. The van der Waals surface area contributed by atoms with Crippen LogP contribution >= 0.6 is 0 Å². The summed E-state index contributed by atoms with van der Waals surface area (Å²) < 4.78 is 5.51. The predicted molar refractivity (Wildman–Crippen MR) is 44.4 cm³/mol. The Hall–Kier alpha value is -0.340. The Balaban J connectivity index is 2.28. The van der Waals surface area contributed by atoms with Gasteiger partial charge in [0, 0.05) is 0 Å². The molecule has 3 unspecified atom stereocenters. The lowest BCUT2D eigenvalue weighted by atomic mass is 10.2. The van der Waals surface area contributed by atoms with Gasteiger partial charge in [0.2, 0.25) is 0 Å². The smallest absolute Gasteiger partial charge is 0.0761 e. The van der Waals surface area contributed by atoms with Crippen molar-refractivity contribution >= 4 is 0 Å². The van der Waals surface area contributed by atoms with Crippen molar-refractivity contribution in [3.63, 3.8) is 0 Å². The summed E-state index contributed by atoms with van der Waals surface area (Å²) in [5.41, 5.74) is 0. The molecule has 1 N–H and O–H groups in total. The Morgan fingerprint density at radius 2 is 2.27 bits per heavy atom. The molecule has 0 amide bonds. The van der Waals surface area contributed by atoms with Crippen molar-refractivity contribution in [1.29, 1.82) is 0 Å². The van der Waals surface area contributed by atoms with Crippen LogP contribution in [0.2, 0.25) is 0 Å². The molecule has 11 heavy (non-hydrogen) atoms. The molecule has 2 heteroatoms. The van der Waals surface area contributed by atoms with Crippen LogP contribution in [-0.2, 0) is 4.74 Å². The Bertz CT molecular complexity index is 140. The van der Waals surface area contributed by atoms with Crippen LogP contribution in [0.4, 0.5) is 0 Å². The predicted octanol–water partition coefficient (Wildman–Crippen LogP) is 1.49. The third-order valence-electron chi connectivity index (χ3n) is 1.87. The zero-order chi connectivity index (χ0) is 8.27. The van der Waals surface area contributed by atoms with Gasteiger partial charge >= 0.3 is 0 Å². The third-order valence-corrected chi connectivity index (χ3v) is 1.87. The maximum Gasteiger partial charge on any atom is 0.0761 e. The second-order valence-electron chi connectivity index (χ2n) is 3.19. The maximum atomic E-state index is 8.94. The van der Waals surface area contributed by atoms with E-state index >= 15 is 0 Å². The lowest BCUT2D eigenvalue weighted by molar-refractivity contribution is 0.0825. The van der Waals surface area contributed by atoms with Gasteiger partial charge < -0.3 is 9.84 Å². The van der Waals surface area contributed by atoms with E-state index in [-0.39, 0.29) is 12.2 Å². The molecule has 1 rings (SSSR count). The second kappa shape index (κ2) is 3.88. The van der Waals surface area contributed by atoms with Crippen LogP contribution in [0.5, 0.6) is 0 Å². The van der Waals surface area contributed by atoms with Gasteiger partial charge in [0.1, 0.15) is 0 Å². The molecule has 0 aromatic heterocycles. The Labute approximate surface area is 67.9 Å². The zero-order valence-electron chi connectivity index (χ0n) is 7.16. The first-order valence-electron chi connectivity index (χ1n) is 4.20. The van der Waals surface area contributed by atoms with Gasteiger partial charge in [0.25, 0.3) is 0 Å². The normalized spacial score (nSPS) is 34.8. The first-order chi connectivity index (χ1) is 5.18. The summed E-state index contributed by atoms with van der Waals surface area (Å²) in [6.45, 7) is 3.82. The number of ether oxygens (including phenoxy) is 1. The van der Waals surface area contributed by atoms with Gasteiger partial charge in [-0.15, -0.1) is 0 Å². The topological polar surface area (TPSA) is 29.5 Å². The van der Waals surface area contributed by atoms with Crippen molar-refractivity contribution in [3.05, 3.63) is 12.2 Å². The van der Waals surface area contributed by atoms with Crippen LogP contribution in [0, 0.1) is 0 Å². The van der Waals surface area contributed by atoms with Gasteiger partial charge in [0.15, 0.2) is 0 Å². The summed E-state index contributed by atoms with van der Waals surface area (Å²) >= 11 is 0. The van der Waals surface area contributed by atoms with Crippen molar-refractivity contribution < 1.29 is 9.84 Å². The molecular formula is C9H16O2. The molecule has 3 atom stereocenters. The highest BCUT2D eigenvalue weighted by Gasteiger charge is 2.18. The van der Waals surface area contributed by atoms with Crippen molar-refractivity contribution in [1.82, 2.24) is 0 Å². The van der Waals surface area contributed by atoms with Crippen LogP contribution < -0.4 is 0 Å². The van der Waals surface area contributed by atoms with E-state index in [4.69, 9.17) is 9.84 Å². The van der Waals surface area contributed by atoms with E-state index in [9.17, 15) is 0 Å². The second-order valence-corrected chi connectivity index (χ2v) is 3.19. The lowest BCUT2D eigenvalue weighted by Crippen LogP contribution is -2.05. The number of rotatable bonds is 2. The number of hydrogen-bond donors (Lipinski definition) is 1. The summed E-state index contributed by atoms with van der Waals surface area (Å²) in [6.07, 6.45) is 6.23. The van der Waals surface area contributed by atoms with E-state index in [0.29, 0.717) is 6.10 Å². The highest BCUT2D eigenvalue weighted by atomic mass is 16.5. The van der Waals surface area contributed by atoms with E-state index < -0.39 is 0 Å². The fraction of sp³-hybridized carbons (Fsp3) is 0.778. The average Bonchev–Trinajstić information content (AvgIpc) is 2.31. The molecule has 0 bridgehead atoms. The Kier molecular flexibility index (Phi) is 3.09. The number of hydrogen-bond acceptors (Lipinski definition) is 2. The van der Waals surface area contributed by atoms with Crippen LogP contribution in [-0.4, -0.2) is 23.4 Å². The van der Waals surface area contributed by atoms with Gasteiger partial charge in [0.05, 0.1) is 18.3 Å². The van der Waals surface area contributed by atoms with Crippen LogP contribution in [0.1, 0.15) is 26.7 Å². The molecule has 0 aromatic rings. The minimum atomic E-state index is -0.352. The molecular weight excluding hydrogens is 140 g/mol. The number of aliphatic hydroxyl groups is 1. The summed E-state index contributed by atoms with van der Waals surface area (Å²) in [4.78, 5) is 0. The molecule has 1 aliphatic heterocycles. The first kappa shape index (κ1) is 8.75. The third kappa shape index (κ3) is 3.04. The molecule has 2 nitrogen and oxygen atoms in total. The maximum absolute atomic E-state index is 8.94. The van der Waals surface area contributed by atoms with Crippen molar-refractivity contribution in [3.8, 4) is 0 Å². The monoisotopic (exact) mass is 156 g/mol. The fourth-order valence-electron chi connectivity index (χ4n) is 1.26. The van der Waals surface area contributed by atoms with Crippen LogP contribution in [0.25, 0.3) is 0 Å². The average molecular weight is 156 g/mol. The van der Waals surface area contributed by atoms with E-state index in [1.54, 1.807) is 13.0 Å². The molecule has 64 valence electrons. The van der Waals surface area contributed by atoms with Gasteiger partial charge in [-0.25, -0.2) is 0 Å². The molecule has 0 saturated carbocycles. The van der Waals surface area contributed by atoms with Crippen molar-refractivity contribution in [2.75, 3.05) is 0 Å². The molecule has 1 fully saturated rings. The summed E-state index contributed by atoms with van der Waals surface area (Å²) in [7, 11) is 0. The van der Waals surface area contributed by atoms with E-state index in [1.807, 2.05) is 6.08 Å². The highest BCUT2D eigenvalue weighted by Crippen LogP contribution is 2.19. The quantitative estimate of drug-likeness (QED) is 0.614. The molecule has 0 radical (unpaired) electrons. The van der Waals surface area contributed by atoms with Gasteiger partial charge in [-0.05, 0) is 26.7 Å². The molecule has 1 saturated heterocycles. The SMILES string of the molecule is CC(O)/C=C/C1CCC(C)O1. The van der Waals surface area contributed by atoms with Crippen LogP contribution in [0.3, 0.4) is 0 Å². The Morgan fingerprint density at radius 1 is 1.55 bits per heavy atom. The lowest BCUT2D eigenvalue weighted by Gasteiger charge is -2.05. The summed E-state index contributed by atoms with van der Waals surface area (Å²) in [5.74, 6) is 0. The summed E-state index contributed by atoms with van der Waals surface area (Å²) in [5, 5.41) is 8.94. The number of aliphatic hydroxyl groups excluding tert-OH is 1. The van der Waals surface area contributed by atoms with Gasteiger partial charge in [-0.2, -0.15) is 0 Å².